The van der Waals surface area contributed by atoms with E-state index in [1.165, 1.54) is 0 Å². The SMILES string of the molecule is C=C[C@@]12[C@H](C(C)=O)CC3=CC(=O)CC[C@]3(C)C13O[C@@H]3C[C@@]1(C)[C@H]2CC[C@@]1(O)CCC(=O)O. The molecule has 6 nitrogen and oxygen atoms in total. The van der Waals surface area contributed by atoms with Gasteiger partial charge in [0.2, 0.25) is 0 Å². The summed E-state index contributed by atoms with van der Waals surface area (Å²) in [6, 6.07) is 0. The molecule has 0 aromatic rings. The highest BCUT2D eigenvalue weighted by Crippen LogP contribution is 2.82. The van der Waals surface area contributed by atoms with Crippen molar-refractivity contribution in [2.24, 2.45) is 28.1 Å². The van der Waals surface area contributed by atoms with Crippen LogP contribution in [-0.2, 0) is 19.1 Å². The maximum Gasteiger partial charge on any atom is 0.303 e. The van der Waals surface area contributed by atoms with Gasteiger partial charge in [-0.2, -0.15) is 0 Å². The van der Waals surface area contributed by atoms with Crippen LogP contribution in [-0.4, -0.2) is 45.1 Å². The highest BCUT2D eigenvalue weighted by molar-refractivity contribution is 5.92. The fourth-order valence-corrected chi connectivity index (χ4v) is 8.97. The lowest BCUT2D eigenvalue weighted by Crippen LogP contribution is -2.69. The van der Waals surface area contributed by atoms with E-state index >= 15 is 0 Å². The van der Waals surface area contributed by atoms with E-state index in [1.54, 1.807) is 13.0 Å². The summed E-state index contributed by atoms with van der Waals surface area (Å²) in [6.07, 6.45) is 7.20. The smallest absolute Gasteiger partial charge is 0.303 e. The van der Waals surface area contributed by atoms with Crippen LogP contribution >= 0.6 is 0 Å². The molecule has 0 aromatic carbocycles. The van der Waals surface area contributed by atoms with Crippen molar-refractivity contribution in [1.29, 1.82) is 0 Å². The van der Waals surface area contributed by atoms with Gasteiger partial charge in [-0.15, -0.1) is 6.58 Å². The van der Waals surface area contributed by atoms with Gasteiger partial charge < -0.3 is 14.9 Å². The summed E-state index contributed by atoms with van der Waals surface area (Å²) in [5, 5.41) is 21.1. The normalized spacial score (nSPS) is 50.9. The van der Waals surface area contributed by atoms with Crippen LogP contribution in [0.25, 0.3) is 0 Å². The van der Waals surface area contributed by atoms with Crippen LogP contribution in [0.3, 0.4) is 0 Å². The standard InChI is InChI=1S/C26H34O6/c1-5-25-18(15(2)27)13-16-12-17(28)6-9-22(16,3)26(25)20(32-26)14-23(4)19(25)7-10-24(23,31)11-8-21(29)30/h5,12,18-20,31H,1,6-11,13-14H2,2-4H3,(H,29,30)/t18-,19+,20+,22-,23-,24+,25-,26?/m0/s1. The Hall–Kier alpha value is -1.79. The number of aliphatic carboxylic acids is 1. The molecule has 4 aliphatic carbocycles. The minimum atomic E-state index is -1.12. The molecule has 1 spiro atoms. The van der Waals surface area contributed by atoms with E-state index in [4.69, 9.17) is 4.74 Å². The molecule has 8 atom stereocenters. The molecule has 6 heteroatoms. The molecule has 1 unspecified atom stereocenters. The average Bonchev–Trinajstić information content (AvgIpc) is 3.39. The second-order valence-electron chi connectivity index (χ2n) is 11.5. The molecule has 0 aromatic heterocycles. The molecule has 0 radical (unpaired) electrons. The number of carbonyl (C=O) groups excluding carboxylic acids is 2. The van der Waals surface area contributed by atoms with Crippen molar-refractivity contribution in [3.8, 4) is 0 Å². The molecular weight excluding hydrogens is 408 g/mol. The van der Waals surface area contributed by atoms with E-state index in [0.29, 0.717) is 38.5 Å². The van der Waals surface area contributed by atoms with Gasteiger partial charge in [-0.05, 0) is 57.4 Å². The minimum Gasteiger partial charge on any atom is -0.481 e. The Balaban J connectivity index is 1.69. The van der Waals surface area contributed by atoms with E-state index in [2.05, 4.69) is 20.4 Å². The van der Waals surface area contributed by atoms with Gasteiger partial charge in [-0.3, -0.25) is 14.4 Å². The highest BCUT2D eigenvalue weighted by Gasteiger charge is 2.87. The van der Waals surface area contributed by atoms with Gasteiger partial charge in [-0.25, -0.2) is 0 Å². The molecule has 1 heterocycles. The third-order valence-corrected chi connectivity index (χ3v) is 10.5. The number of ketones is 2. The lowest BCUT2D eigenvalue weighted by Gasteiger charge is -2.64. The number of hydrogen-bond donors (Lipinski definition) is 2. The number of Topliss-reactive ketones (excluding diaryl/α,β-unsaturated/α-hetero) is 1. The van der Waals surface area contributed by atoms with E-state index in [0.717, 1.165) is 5.57 Å². The molecule has 1 aliphatic heterocycles. The van der Waals surface area contributed by atoms with Crippen LogP contribution in [0, 0.1) is 28.1 Å². The molecule has 1 saturated heterocycles. The minimum absolute atomic E-state index is 0.0463. The summed E-state index contributed by atoms with van der Waals surface area (Å²) in [5.74, 6) is -1.16. The number of fused-ring (bicyclic) bond motifs is 3. The zero-order chi connectivity index (χ0) is 23.3. The first-order valence-electron chi connectivity index (χ1n) is 11.9. The maximum absolute atomic E-state index is 13.2. The Morgan fingerprint density at radius 3 is 2.66 bits per heavy atom. The largest absolute Gasteiger partial charge is 0.481 e. The van der Waals surface area contributed by atoms with Crippen LogP contribution in [0.5, 0.6) is 0 Å². The lowest BCUT2D eigenvalue weighted by atomic mass is 9.37. The first-order valence-corrected chi connectivity index (χ1v) is 11.9. The molecule has 0 bridgehead atoms. The fraction of sp³-hybridized carbons (Fsp3) is 0.731. The molecule has 0 amide bonds. The molecule has 2 N–H and O–H groups in total. The van der Waals surface area contributed by atoms with Gasteiger partial charge >= 0.3 is 5.97 Å². The molecule has 32 heavy (non-hydrogen) atoms. The van der Waals surface area contributed by atoms with Crippen LogP contribution in [0.15, 0.2) is 24.3 Å². The number of hydrogen-bond acceptors (Lipinski definition) is 5. The Bertz CT molecular complexity index is 967. The second kappa shape index (κ2) is 6.41. The van der Waals surface area contributed by atoms with Crippen LogP contribution in [0.2, 0.25) is 0 Å². The summed E-state index contributed by atoms with van der Waals surface area (Å²) in [5.41, 5.74) is -2.28. The first kappa shape index (κ1) is 22.0. The number of ether oxygens (including phenoxy) is 1. The predicted molar refractivity (Wildman–Crippen MR) is 117 cm³/mol. The van der Waals surface area contributed by atoms with Crippen molar-refractivity contribution >= 4 is 17.5 Å². The number of rotatable bonds is 5. The van der Waals surface area contributed by atoms with Gasteiger partial charge in [0.1, 0.15) is 11.4 Å². The number of aliphatic hydroxyl groups is 1. The third kappa shape index (κ3) is 2.26. The quantitative estimate of drug-likeness (QED) is 0.498. The molecule has 174 valence electrons. The van der Waals surface area contributed by atoms with Crippen molar-refractivity contribution < 1.29 is 29.3 Å². The topological polar surface area (TPSA) is 104 Å². The molecule has 4 fully saturated rings. The van der Waals surface area contributed by atoms with Gasteiger partial charge in [0.25, 0.3) is 0 Å². The summed E-state index contributed by atoms with van der Waals surface area (Å²) in [6.45, 7) is 10.1. The van der Waals surface area contributed by atoms with Gasteiger partial charge in [0.05, 0.1) is 11.7 Å². The van der Waals surface area contributed by atoms with Crippen molar-refractivity contribution in [2.75, 3.05) is 0 Å². The fourth-order valence-electron chi connectivity index (χ4n) is 8.97. The van der Waals surface area contributed by atoms with E-state index in [9.17, 15) is 24.6 Å². The lowest BCUT2D eigenvalue weighted by molar-refractivity contribution is -0.166. The highest BCUT2D eigenvalue weighted by atomic mass is 16.6. The van der Waals surface area contributed by atoms with Crippen molar-refractivity contribution in [3.05, 3.63) is 24.3 Å². The predicted octanol–water partition coefficient (Wildman–Crippen LogP) is 3.62. The van der Waals surface area contributed by atoms with E-state index < -0.39 is 28.0 Å². The average molecular weight is 443 g/mol. The summed E-state index contributed by atoms with van der Waals surface area (Å²) in [4.78, 5) is 36.8. The number of epoxide rings is 1. The van der Waals surface area contributed by atoms with Gasteiger partial charge in [-0.1, -0.05) is 25.5 Å². The summed E-state index contributed by atoms with van der Waals surface area (Å²) < 4.78 is 6.67. The Morgan fingerprint density at radius 2 is 2.03 bits per heavy atom. The van der Waals surface area contributed by atoms with E-state index in [-0.39, 0.29) is 47.8 Å². The molecule has 3 saturated carbocycles. The Labute approximate surface area is 189 Å². The van der Waals surface area contributed by atoms with Crippen LogP contribution in [0.1, 0.15) is 72.1 Å². The molecular formula is C26H34O6. The monoisotopic (exact) mass is 442 g/mol. The Morgan fingerprint density at radius 1 is 1.31 bits per heavy atom. The van der Waals surface area contributed by atoms with E-state index in [1.807, 2.05) is 6.08 Å². The van der Waals surface area contributed by atoms with Gasteiger partial charge in [0, 0.05) is 35.0 Å². The van der Waals surface area contributed by atoms with Crippen molar-refractivity contribution in [2.45, 2.75) is 89.4 Å². The summed E-state index contributed by atoms with van der Waals surface area (Å²) >= 11 is 0. The van der Waals surface area contributed by atoms with Crippen molar-refractivity contribution in [3.63, 3.8) is 0 Å². The maximum atomic E-state index is 13.2. The van der Waals surface area contributed by atoms with Crippen LogP contribution in [0.4, 0.5) is 0 Å². The number of carbonyl (C=O) groups is 3. The Kier molecular flexibility index (Phi) is 4.41. The molecule has 5 aliphatic rings. The van der Waals surface area contributed by atoms with Gasteiger partial charge in [0.15, 0.2) is 5.78 Å². The van der Waals surface area contributed by atoms with Crippen LogP contribution < -0.4 is 0 Å². The zero-order valence-electron chi connectivity index (χ0n) is 19.3. The summed E-state index contributed by atoms with van der Waals surface area (Å²) in [7, 11) is 0. The second-order valence-corrected chi connectivity index (χ2v) is 11.5. The first-order chi connectivity index (χ1) is 14.9. The number of carboxylic acids is 1. The van der Waals surface area contributed by atoms with Crippen molar-refractivity contribution in [1.82, 2.24) is 0 Å². The third-order valence-electron chi connectivity index (χ3n) is 10.5. The number of carboxylic acid groups (broad SMARTS) is 1. The zero-order valence-corrected chi connectivity index (χ0v) is 19.3. The molecule has 5 rings (SSSR count).